The molecule has 1 heterocycles. The van der Waals surface area contributed by atoms with Crippen molar-refractivity contribution in [3.63, 3.8) is 0 Å². The third-order valence-corrected chi connectivity index (χ3v) is 6.48. The zero-order chi connectivity index (χ0) is 24.9. The quantitative estimate of drug-likeness (QED) is 0.629. The van der Waals surface area contributed by atoms with Crippen LogP contribution in [0.3, 0.4) is 0 Å². The molecule has 34 heavy (non-hydrogen) atoms. The summed E-state index contributed by atoms with van der Waals surface area (Å²) in [5, 5.41) is 19.0. The molecule has 1 saturated carbocycles. The molecule has 2 fully saturated rings. The number of hydrogen-bond donors (Lipinski definition) is 1. The minimum atomic E-state index is -4.61. The number of carboxylic acid groups (broad SMARTS) is 1. The molecular weight excluding hydrogens is 455 g/mol. The summed E-state index contributed by atoms with van der Waals surface area (Å²) in [5.74, 6) is -0.446. The van der Waals surface area contributed by atoms with Crippen molar-refractivity contribution in [1.82, 2.24) is 9.80 Å². The number of benzene rings is 1. The molecular formula is C23H28F3N3O5. The van der Waals surface area contributed by atoms with Crippen molar-refractivity contribution in [2.24, 2.45) is 5.41 Å². The van der Waals surface area contributed by atoms with Crippen molar-refractivity contribution >= 4 is 12.1 Å². The number of nitriles is 1. The molecule has 8 nitrogen and oxygen atoms in total. The Labute approximate surface area is 195 Å². The summed E-state index contributed by atoms with van der Waals surface area (Å²) < 4.78 is 48.4. The second-order valence-corrected chi connectivity index (χ2v) is 8.85. The summed E-state index contributed by atoms with van der Waals surface area (Å²) in [6, 6.07) is 7.05. The lowest BCUT2D eigenvalue weighted by Gasteiger charge is -2.35. The van der Waals surface area contributed by atoms with Gasteiger partial charge in [-0.1, -0.05) is 18.9 Å². The Balaban J connectivity index is 1.61. The van der Waals surface area contributed by atoms with Gasteiger partial charge in [0.2, 0.25) is 0 Å². The van der Waals surface area contributed by atoms with Crippen LogP contribution in [-0.2, 0) is 16.1 Å². The van der Waals surface area contributed by atoms with Gasteiger partial charge in [0.05, 0.1) is 11.6 Å². The molecule has 0 aromatic heterocycles. The molecule has 1 aliphatic carbocycles. The van der Waals surface area contributed by atoms with Crippen LogP contribution < -0.4 is 4.74 Å². The van der Waals surface area contributed by atoms with Gasteiger partial charge in [0.25, 0.3) is 0 Å². The number of aliphatic carboxylic acids is 1. The average Bonchev–Trinajstić information content (AvgIpc) is 3.28. The van der Waals surface area contributed by atoms with E-state index in [1.54, 1.807) is 18.2 Å². The first kappa shape index (κ1) is 25.6. The number of carboxylic acids is 1. The van der Waals surface area contributed by atoms with Crippen LogP contribution in [0.15, 0.2) is 18.2 Å². The van der Waals surface area contributed by atoms with Gasteiger partial charge in [-0.3, -0.25) is 9.69 Å². The zero-order valence-electron chi connectivity index (χ0n) is 18.9. The van der Waals surface area contributed by atoms with Crippen LogP contribution in [0.1, 0.15) is 43.7 Å². The molecule has 2 aliphatic rings. The van der Waals surface area contributed by atoms with Gasteiger partial charge in [0.1, 0.15) is 17.8 Å². The molecule has 1 N–H and O–H groups in total. The standard InChI is InChI=1S/C23H28F3N3O5/c1-16(23(24,25)26)34-21(32)29-10-8-28(9-11-29)14-18-5-4-17(13-27)12-19(18)33-15-22(20(30)31)6-2-3-7-22/h4-5,12,16H,2-3,6-11,14-15H2,1H3,(H,30,31). The van der Waals surface area contributed by atoms with E-state index in [1.165, 1.54) is 4.90 Å². The zero-order valence-corrected chi connectivity index (χ0v) is 18.9. The van der Waals surface area contributed by atoms with Gasteiger partial charge in [0, 0.05) is 38.3 Å². The third-order valence-electron chi connectivity index (χ3n) is 6.48. The van der Waals surface area contributed by atoms with Crippen molar-refractivity contribution in [2.75, 3.05) is 32.8 Å². The van der Waals surface area contributed by atoms with Crippen molar-refractivity contribution in [3.05, 3.63) is 29.3 Å². The monoisotopic (exact) mass is 483 g/mol. The van der Waals surface area contributed by atoms with Crippen molar-refractivity contribution in [3.8, 4) is 11.8 Å². The molecule has 186 valence electrons. The van der Waals surface area contributed by atoms with E-state index in [-0.39, 0.29) is 19.7 Å². The lowest BCUT2D eigenvalue weighted by Crippen LogP contribution is -2.49. The molecule has 1 unspecified atom stereocenters. The molecule has 0 radical (unpaired) electrons. The molecule has 0 spiro atoms. The number of hydrogen-bond acceptors (Lipinski definition) is 6. The SMILES string of the molecule is CC(OC(=O)N1CCN(Cc2ccc(C#N)cc2OCC2(C(=O)O)CCCC2)CC1)C(F)(F)F. The number of piperazine rings is 1. The van der Waals surface area contributed by atoms with Crippen LogP contribution in [-0.4, -0.2) is 72.0 Å². The Morgan fingerprint density at radius 1 is 1.21 bits per heavy atom. The molecule has 1 aromatic carbocycles. The Bertz CT molecular complexity index is 933. The van der Waals surface area contributed by atoms with Gasteiger partial charge >= 0.3 is 18.2 Å². The molecule has 3 rings (SSSR count). The summed E-state index contributed by atoms with van der Waals surface area (Å²) in [5.41, 5.74) is 0.222. The van der Waals surface area contributed by atoms with Crippen LogP contribution in [0.2, 0.25) is 0 Å². The van der Waals surface area contributed by atoms with E-state index in [1.807, 2.05) is 4.90 Å². The summed E-state index contributed by atoms with van der Waals surface area (Å²) in [7, 11) is 0. The molecule has 1 aromatic rings. The summed E-state index contributed by atoms with van der Waals surface area (Å²) in [6.07, 6.45) is -5.04. The predicted molar refractivity (Wildman–Crippen MR) is 114 cm³/mol. The van der Waals surface area contributed by atoms with E-state index in [0.717, 1.165) is 25.3 Å². The van der Waals surface area contributed by atoms with Gasteiger partial charge in [-0.05, 0) is 31.9 Å². The largest absolute Gasteiger partial charge is 0.492 e. The molecule has 1 atom stereocenters. The van der Waals surface area contributed by atoms with E-state index >= 15 is 0 Å². The predicted octanol–water partition coefficient (Wildman–Crippen LogP) is 3.79. The topological polar surface area (TPSA) is 103 Å². The maximum Gasteiger partial charge on any atom is 0.425 e. The summed E-state index contributed by atoms with van der Waals surface area (Å²) in [4.78, 5) is 27.1. The first-order valence-corrected chi connectivity index (χ1v) is 11.2. The van der Waals surface area contributed by atoms with Crippen LogP contribution in [0.25, 0.3) is 0 Å². The fourth-order valence-corrected chi connectivity index (χ4v) is 4.20. The Kier molecular flexibility index (Phi) is 7.92. The maximum atomic E-state index is 12.6. The fraction of sp³-hybridized carbons (Fsp3) is 0.609. The molecule has 1 saturated heterocycles. The van der Waals surface area contributed by atoms with Crippen LogP contribution in [0.5, 0.6) is 5.75 Å². The number of alkyl halides is 3. The normalized spacial score (nSPS) is 19.3. The van der Waals surface area contributed by atoms with E-state index < -0.39 is 29.8 Å². The Hall–Kier alpha value is -3.00. The molecule has 0 bridgehead atoms. The van der Waals surface area contributed by atoms with Crippen LogP contribution in [0, 0.1) is 16.7 Å². The summed E-state index contributed by atoms with van der Waals surface area (Å²) in [6.45, 7) is 2.46. The minimum Gasteiger partial charge on any atom is -0.492 e. The highest BCUT2D eigenvalue weighted by Crippen LogP contribution is 2.39. The minimum absolute atomic E-state index is 0.0151. The number of ether oxygens (including phenoxy) is 2. The number of carbonyl (C=O) groups is 2. The van der Waals surface area contributed by atoms with E-state index in [2.05, 4.69) is 10.8 Å². The summed E-state index contributed by atoms with van der Waals surface area (Å²) >= 11 is 0. The lowest BCUT2D eigenvalue weighted by molar-refractivity contribution is -0.200. The number of halogens is 3. The maximum absolute atomic E-state index is 12.6. The molecule has 1 aliphatic heterocycles. The third kappa shape index (κ3) is 6.11. The Morgan fingerprint density at radius 2 is 1.85 bits per heavy atom. The van der Waals surface area contributed by atoms with Crippen molar-refractivity contribution in [2.45, 2.75) is 51.4 Å². The first-order chi connectivity index (χ1) is 16.0. The number of rotatable bonds is 7. The van der Waals surface area contributed by atoms with Gasteiger partial charge < -0.3 is 19.5 Å². The van der Waals surface area contributed by atoms with Gasteiger partial charge in [-0.15, -0.1) is 0 Å². The van der Waals surface area contributed by atoms with Crippen molar-refractivity contribution in [1.29, 1.82) is 5.26 Å². The van der Waals surface area contributed by atoms with E-state index in [9.17, 15) is 33.1 Å². The van der Waals surface area contributed by atoms with Crippen LogP contribution >= 0.6 is 0 Å². The van der Waals surface area contributed by atoms with E-state index in [0.29, 0.717) is 43.8 Å². The second kappa shape index (κ2) is 10.5. The van der Waals surface area contributed by atoms with Gasteiger partial charge in [-0.25, -0.2) is 4.79 Å². The number of nitrogens with zero attached hydrogens (tertiary/aromatic N) is 3. The first-order valence-electron chi connectivity index (χ1n) is 11.2. The Morgan fingerprint density at radius 3 is 2.41 bits per heavy atom. The highest BCUT2D eigenvalue weighted by molar-refractivity contribution is 5.75. The smallest absolute Gasteiger partial charge is 0.425 e. The lowest BCUT2D eigenvalue weighted by atomic mass is 9.87. The number of carbonyl (C=O) groups excluding carboxylic acids is 1. The fourth-order valence-electron chi connectivity index (χ4n) is 4.20. The van der Waals surface area contributed by atoms with Gasteiger partial charge in [-0.2, -0.15) is 18.4 Å². The van der Waals surface area contributed by atoms with E-state index in [4.69, 9.17) is 4.74 Å². The van der Waals surface area contributed by atoms with Crippen LogP contribution in [0.4, 0.5) is 18.0 Å². The molecule has 11 heteroatoms. The highest BCUT2D eigenvalue weighted by Gasteiger charge is 2.42. The van der Waals surface area contributed by atoms with Crippen molar-refractivity contribution < 1.29 is 37.3 Å². The average molecular weight is 483 g/mol. The van der Waals surface area contributed by atoms with Gasteiger partial charge in [0.15, 0.2) is 6.10 Å². The second-order valence-electron chi connectivity index (χ2n) is 8.85. The number of amides is 1. The highest BCUT2D eigenvalue weighted by atomic mass is 19.4. The molecule has 1 amide bonds.